The molecule has 0 saturated carbocycles. The van der Waals surface area contributed by atoms with Crippen molar-refractivity contribution < 1.29 is 18.4 Å². The predicted octanol–water partition coefficient (Wildman–Crippen LogP) is 10.5. The maximum Gasteiger partial charge on any atom is 0.232 e. The quantitative estimate of drug-likeness (QED) is 0.0800. The number of amides is 1. The fourth-order valence-corrected chi connectivity index (χ4v) is 12.1. The largest absolute Gasteiger partial charge is 0.493 e. The number of para-hydroxylation sites is 1. The maximum absolute atomic E-state index is 13.2. The number of hydrogen-bond donors (Lipinski definition) is 1. The lowest BCUT2D eigenvalue weighted by Gasteiger charge is -2.37. The van der Waals surface area contributed by atoms with Gasteiger partial charge in [0.15, 0.2) is 5.76 Å². The third-order valence-corrected chi connectivity index (χ3v) is 15.8. The fraction of sp³-hybridized carbons (Fsp3) is 0.397. The van der Waals surface area contributed by atoms with Gasteiger partial charge in [0.05, 0.1) is 45.4 Å². The van der Waals surface area contributed by atoms with E-state index in [-0.39, 0.29) is 11.8 Å². The molecule has 364 valence electrons. The lowest BCUT2D eigenvalue weighted by molar-refractivity contribution is -0.884. The van der Waals surface area contributed by atoms with Crippen LogP contribution in [-0.4, -0.2) is 125 Å². The molecule has 5 heterocycles. The average Bonchev–Trinajstić information content (AvgIpc) is 4.16. The predicted molar refractivity (Wildman–Crippen MR) is 286 cm³/mol. The summed E-state index contributed by atoms with van der Waals surface area (Å²) in [6.45, 7) is 13.9. The molecular weight excluding hydrogens is 893 g/mol. The first-order chi connectivity index (χ1) is 33.5. The minimum atomic E-state index is -0.817. The normalized spacial score (nSPS) is 17.1. The second-order valence-electron chi connectivity index (χ2n) is 19.8. The van der Waals surface area contributed by atoms with E-state index in [4.69, 9.17) is 14.9 Å². The molecule has 2 fully saturated rings. The SMILES string of the molecule is CCSc1ccc2c(c1)N(CCCN1CCN(C)CC1)c1ccccc1S2.C[N+](C)(C)Cc1ccco1.NC(=O)C(c1ccccc1)(c1ccccc1)[C@@H]1CCN(CCc2ccc3c(c2)CCO3)C1. The summed E-state index contributed by atoms with van der Waals surface area (Å²) < 4.78 is 11.7. The number of likely N-dealkylation sites (N-methyl/N-ethyl adjacent to an activating group) is 1. The Bertz CT molecular complexity index is 2500. The van der Waals surface area contributed by atoms with Crippen LogP contribution < -0.4 is 15.4 Å². The van der Waals surface area contributed by atoms with E-state index in [9.17, 15) is 4.79 Å². The molecule has 0 spiro atoms. The van der Waals surface area contributed by atoms with Crippen LogP contribution in [0.3, 0.4) is 0 Å². The Hall–Kier alpha value is -5.01. The highest BCUT2D eigenvalue weighted by Crippen LogP contribution is 2.49. The van der Waals surface area contributed by atoms with Gasteiger partial charge >= 0.3 is 0 Å². The average molecular weight is 966 g/mol. The Balaban J connectivity index is 0.000000157. The van der Waals surface area contributed by atoms with Gasteiger partial charge in [0, 0.05) is 66.9 Å². The highest BCUT2D eigenvalue weighted by molar-refractivity contribution is 8.00. The van der Waals surface area contributed by atoms with Gasteiger partial charge in [0.25, 0.3) is 0 Å². The smallest absolute Gasteiger partial charge is 0.232 e. The standard InChI is InChI=1S/C28H30N2O2.C22H29N3S2.C8H14NO/c29-27(31)28(23-7-3-1-4-8-23,24-9-5-2-6-10-24)25-14-17-30(20-25)16-13-21-11-12-26-22(19-21)15-18-32-26;1-3-26-18-9-10-22-20(17-18)25(19-7-4-5-8-21(19)27-22)12-6-11-24-15-13-23(2)14-16-24;1-9(2,3)7-8-5-4-6-10-8/h1-12,19,25H,13-18,20H2,(H2,29,31);4-5,7-10,17H,3,6,11-16H2,1-2H3;4-6H,7H2,1-3H3/q;;+1/t25-;;/m1../s1. The fourth-order valence-electron chi connectivity index (χ4n) is 10.3. The van der Waals surface area contributed by atoms with Gasteiger partial charge in [0.2, 0.25) is 5.91 Å². The molecule has 2 saturated heterocycles. The summed E-state index contributed by atoms with van der Waals surface area (Å²) in [4.78, 5) is 27.4. The number of anilines is 2. The van der Waals surface area contributed by atoms with Crippen LogP contribution in [0.4, 0.5) is 11.4 Å². The first-order valence-electron chi connectivity index (χ1n) is 24.9. The summed E-state index contributed by atoms with van der Waals surface area (Å²) in [5, 5.41) is 0. The molecule has 1 atom stereocenters. The summed E-state index contributed by atoms with van der Waals surface area (Å²) in [6.07, 6.45) is 5.87. The van der Waals surface area contributed by atoms with Crippen LogP contribution in [0.1, 0.15) is 47.8 Å². The van der Waals surface area contributed by atoms with Crippen LogP contribution in [0.5, 0.6) is 5.75 Å². The van der Waals surface area contributed by atoms with Crippen molar-refractivity contribution >= 4 is 40.8 Å². The molecule has 6 aromatic rings. The van der Waals surface area contributed by atoms with Crippen molar-refractivity contribution in [2.75, 3.05) is 104 Å². The second-order valence-corrected chi connectivity index (χ2v) is 22.2. The lowest BCUT2D eigenvalue weighted by atomic mass is 9.64. The van der Waals surface area contributed by atoms with Gasteiger partial charge in [-0.15, -0.1) is 11.8 Å². The number of benzene rings is 5. The molecule has 2 N–H and O–H groups in total. The number of fused-ring (bicyclic) bond motifs is 3. The second kappa shape index (κ2) is 23.7. The number of piperazine rings is 1. The Morgan fingerprint density at radius 3 is 2.16 bits per heavy atom. The number of quaternary nitrogens is 1. The van der Waals surface area contributed by atoms with Crippen molar-refractivity contribution in [3.8, 4) is 5.75 Å². The zero-order chi connectivity index (χ0) is 48.2. The van der Waals surface area contributed by atoms with Crippen LogP contribution in [0.15, 0.2) is 159 Å². The zero-order valence-electron chi connectivity index (χ0n) is 41.5. The molecule has 4 aliphatic rings. The van der Waals surface area contributed by atoms with Gasteiger partial charge in [-0.25, -0.2) is 0 Å². The van der Waals surface area contributed by atoms with Gasteiger partial charge in [-0.2, -0.15) is 0 Å². The van der Waals surface area contributed by atoms with E-state index >= 15 is 0 Å². The first kappa shape index (κ1) is 50.4. The molecule has 1 aromatic heterocycles. The van der Waals surface area contributed by atoms with Crippen LogP contribution in [0.25, 0.3) is 0 Å². The molecular formula is C58H73N6O3S2+. The Morgan fingerprint density at radius 1 is 0.768 bits per heavy atom. The lowest BCUT2D eigenvalue weighted by Crippen LogP contribution is -2.49. The summed E-state index contributed by atoms with van der Waals surface area (Å²) in [6, 6.07) is 46.5. The van der Waals surface area contributed by atoms with Crippen molar-refractivity contribution in [2.24, 2.45) is 11.7 Å². The van der Waals surface area contributed by atoms with E-state index in [2.05, 4.69) is 115 Å². The first-order valence-corrected chi connectivity index (χ1v) is 26.7. The summed E-state index contributed by atoms with van der Waals surface area (Å²) in [5.41, 5.74) is 12.8. The third-order valence-electron chi connectivity index (χ3n) is 13.8. The number of nitrogens with zero attached hydrogens (tertiary/aromatic N) is 5. The number of likely N-dealkylation sites (tertiary alicyclic amines) is 1. The van der Waals surface area contributed by atoms with Gasteiger partial charge in [-0.05, 0) is 122 Å². The van der Waals surface area contributed by atoms with E-state index < -0.39 is 5.41 Å². The van der Waals surface area contributed by atoms with Crippen LogP contribution in [0.2, 0.25) is 0 Å². The van der Waals surface area contributed by atoms with Gasteiger partial charge < -0.3 is 39.0 Å². The topological polar surface area (TPSA) is 78.4 Å². The molecule has 5 aromatic carbocycles. The van der Waals surface area contributed by atoms with Gasteiger partial charge in [-0.3, -0.25) is 4.79 Å². The van der Waals surface area contributed by atoms with E-state index in [1.54, 1.807) is 6.26 Å². The summed E-state index contributed by atoms with van der Waals surface area (Å²) in [7, 11) is 8.65. The zero-order valence-corrected chi connectivity index (χ0v) is 43.2. The number of carbonyl (C=O) groups is 1. The molecule has 9 nitrogen and oxygen atoms in total. The maximum atomic E-state index is 13.2. The Labute approximate surface area is 420 Å². The van der Waals surface area contributed by atoms with Crippen LogP contribution in [0, 0.1) is 5.92 Å². The minimum Gasteiger partial charge on any atom is -0.493 e. The number of nitrogens with two attached hydrogens (primary N) is 1. The molecule has 0 bridgehead atoms. The van der Waals surface area contributed by atoms with Crippen LogP contribution in [-0.2, 0) is 29.6 Å². The van der Waals surface area contributed by atoms with Crippen molar-refractivity contribution in [3.63, 3.8) is 0 Å². The highest BCUT2D eigenvalue weighted by Gasteiger charge is 2.49. The summed E-state index contributed by atoms with van der Waals surface area (Å²) >= 11 is 3.84. The molecule has 10 rings (SSSR count). The molecule has 4 aliphatic heterocycles. The van der Waals surface area contributed by atoms with E-state index in [0.717, 1.165) is 91.5 Å². The number of primary amides is 1. The van der Waals surface area contributed by atoms with E-state index in [1.165, 1.54) is 76.3 Å². The van der Waals surface area contributed by atoms with Crippen molar-refractivity contribution in [1.29, 1.82) is 0 Å². The van der Waals surface area contributed by atoms with E-state index in [1.807, 2.05) is 96.3 Å². The molecule has 0 radical (unpaired) electrons. The molecule has 11 heteroatoms. The molecule has 0 aliphatic carbocycles. The molecule has 69 heavy (non-hydrogen) atoms. The van der Waals surface area contributed by atoms with Crippen LogP contribution >= 0.6 is 23.5 Å². The van der Waals surface area contributed by atoms with E-state index in [0.29, 0.717) is 0 Å². The van der Waals surface area contributed by atoms with Crippen molar-refractivity contribution in [1.82, 2.24) is 14.7 Å². The molecule has 1 amide bonds. The monoisotopic (exact) mass is 966 g/mol. The molecule has 0 unspecified atom stereocenters. The third kappa shape index (κ3) is 12.9. The Kier molecular flexibility index (Phi) is 17.3. The number of carbonyl (C=O) groups excluding carboxylic acids is 1. The highest BCUT2D eigenvalue weighted by atomic mass is 32.2. The Morgan fingerprint density at radius 2 is 1.48 bits per heavy atom. The number of thioether (sulfide) groups is 1. The minimum absolute atomic E-state index is 0.137. The number of hydrogen-bond acceptors (Lipinski definition) is 9. The number of ether oxygens (including phenoxy) is 1. The van der Waals surface area contributed by atoms with Gasteiger partial charge in [0.1, 0.15) is 17.7 Å². The van der Waals surface area contributed by atoms with Crippen molar-refractivity contribution in [3.05, 3.63) is 168 Å². The van der Waals surface area contributed by atoms with Crippen molar-refractivity contribution in [2.45, 2.75) is 59.3 Å². The number of rotatable bonds is 15. The summed E-state index contributed by atoms with van der Waals surface area (Å²) in [5.74, 6) is 3.07. The van der Waals surface area contributed by atoms with Gasteiger partial charge in [-0.1, -0.05) is 104 Å². The number of furan rings is 1.